The maximum absolute atomic E-state index is 14.3. The maximum Gasteiger partial charge on any atom is 0.417 e. The van der Waals surface area contributed by atoms with Crippen molar-refractivity contribution < 1.29 is 31.5 Å². The first-order chi connectivity index (χ1) is 16.6. The van der Waals surface area contributed by atoms with Gasteiger partial charge in [0.05, 0.1) is 29.4 Å². The molecule has 186 valence electrons. The molecule has 2 fully saturated rings. The Kier molecular flexibility index (Phi) is 6.73. The molecule has 0 bridgehead atoms. The lowest BCUT2D eigenvalue weighted by Gasteiger charge is -2.43. The van der Waals surface area contributed by atoms with E-state index < -0.39 is 40.3 Å². The van der Waals surface area contributed by atoms with E-state index in [9.17, 15) is 26.7 Å². The second-order valence-electron chi connectivity index (χ2n) is 9.06. The summed E-state index contributed by atoms with van der Waals surface area (Å²) in [6.07, 6.45) is -4.11. The summed E-state index contributed by atoms with van der Waals surface area (Å²) in [4.78, 5) is 16.4. The Balaban J connectivity index is 1.62. The molecule has 1 amide bonds. The van der Waals surface area contributed by atoms with Gasteiger partial charge in [-0.25, -0.2) is 8.78 Å². The fourth-order valence-electron chi connectivity index (χ4n) is 5.16. The van der Waals surface area contributed by atoms with Crippen LogP contribution in [0.1, 0.15) is 34.8 Å². The second-order valence-corrected chi connectivity index (χ2v) is 9.06. The number of ether oxygens (including phenoxy) is 1. The summed E-state index contributed by atoms with van der Waals surface area (Å²) in [7, 11) is 0. The van der Waals surface area contributed by atoms with Crippen LogP contribution in [0.5, 0.6) is 0 Å². The van der Waals surface area contributed by atoms with Gasteiger partial charge in [-0.3, -0.25) is 4.79 Å². The molecular formula is C25H24F5N3O2. The summed E-state index contributed by atoms with van der Waals surface area (Å²) in [5, 5.41) is 9.09. The molecule has 2 aromatic rings. The molecule has 0 aromatic heterocycles. The minimum absolute atomic E-state index is 0.0288. The van der Waals surface area contributed by atoms with Crippen molar-refractivity contribution in [2.24, 2.45) is 11.3 Å². The highest BCUT2D eigenvalue weighted by Crippen LogP contribution is 2.45. The summed E-state index contributed by atoms with van der Waals surface area (Å²) in [6, 6.07) is 8.05. The lowest BCUT2D eigenvalue weighted by Crippen LogP contribution is -2.53. The molecule has 35 heavy (non-hydrogen) atoms. The predicted octanol–water partition coefficient (Wildman–Crippen LogP) is 4.86. The largest absolute Gasteiger partial charge is 0.417 e. The summed E-state index contributed by atoms with van der Waals surface area (Å²) >= 11 is 0. The van der Waals surface area contributed by atoms with Crippen molar-refractivity contribution in [3.63, 3.8) is 0 Å². The van der Waals surface area contributed by atoms with Crippen molar-refractivity contribution in [3.05, 3.63) is 64.7 Å². The monoisotopic (exact) mass is 493 g/mol. The molecular weight excluding hydrogens is 469 g/mol. The zero-order valence-electron chi connectivity index (χ0n) is 19.0. The standard InChI is InChI=1S/C25H24F5N3O2/c1-2-35-15-24-13-32(23(34)20-6-4-18(26)9-22(20)27)8-7-17(24)12-33(14-24)19-5-3-16(11-31)21(10-19)25(28,29)30/h3-6,9-10,17H,2,7-8,12-15H2,1H3/t17-,24+/m0/s1. The Labute approximate surface area is 199 Å². The summed E-state index contributed by atoms with van der Waals surface area (Å²) in [6.45, 7) is 3.89. The Morgan fingerprint density at radius 3 is 2.63 bits per heavy atom. The maximum atomic E-state index is 14.3. The van der Waals surface area contributed by atoms with Crippen molar-refractivity contribution in [1.82, 2.24) is 4.90 Å². The SMILES string of the molecule is CCOC[C@]12CN(C(=O)c3ccc(F)cc3F)CC[C@H]1CN(c1ccc(C#N)c(C(F)(F)F)c1)C2. The number of hydrogen-bond acceptors (Lipinski definition) is 4. The van der Waals surface area contributed by atoms with Crippen LogP contribution in [-0.2, 0) is 10.9 Å². The van der Waals surface area contributed by atoms with Gasteiger partial charge in [0, 0.05) is 50.0 Å². The van der Waals surface area contributed by atoms with Crippen LogP contribution in [0, 0.1) is 34.3 Å². The van der Waals surface area contributed by atoms with Crippen molar-refractivity contribution in [1.29, 1.82) is 5.26 Å². The van der Waals surface area contributed by atoms with Crippen LogP contribution < -0.4 is 4.90 Å². The molecule has 5 nitrogen and oxygen atoms in total. The van der Waals surface area contributed by atoms with Gasteiger partial charge in [0.25, 0.3) is 5.91 Å². The molecule has 0 unspecified atom stereocenters. The van der Waals surface area contributed by atoms with Gasteiger partial charge in [0.15, 0.2) is 0 Å². The number of nitrogens with zero attached hydrogens (tertiary/aromatic N) is 3. The van der Waals surface area contributed by atoms with E-state index in [0.29, 0.717) is 44.4 Å². The fraction of sp³-hybridized carbons (Fsp3) is 0.440. The normalized spacial score (nSPS) is 22.1. The van der Waals surface area contributed by atoms with E-state index in [1.165, 1.54) is 17.0 Å². The van der Waals surface area contributed by atoms with Crippen LogP contribution in [0.25, 0.3) is 0 Å². The third-order valence-electron chi connectivity index (χ3n) is 6.90. The van der Waals surface area contributed by atoms with E-state index in [0.717, 1.165) is 18.2 Å². The molecule has 2 heterocycles. The highest BCUT2D eigenvalue weighted by molar-refractivity contribution is 5.94. The molecule has 2 atom stereocenters. The van der Waals surface area contributed by atoms with E-state index in [1.54, 1.807) is 6.07 Å². The van der Waals surface area contributed by atoms with Gasteiger partial charge in [0.2, 0.25) is 0 Å². The molecule has 2 aromatic carbocycles. The summed E-state index contributed by atoms with van der Waals surface area (Å²) in [5.74, 6) is -2.26. The van der Waals surface area contributed by atoms with Crippen LogP contribution >= 0.6 is 0 Å². The number of carbonyl (C=O) groups excluding carboxylic acids is 1. The molecule has 0 N–H and O–H groups in total. The second kappa shape index (κ2) is 9.46. The van der Waals surface area contributed by atoms with E-state index in [2.05, 4.69) is 0 Å². The molecule has 0 spiro atoms. The van der Waals surface area contributed by atoms with Crippen molar-refractivity contribution in [2.75, 3.05) is 44.3 Å². The van der Waals surface area contributed by atoms with Crippen molar-refractivity contribution in [2.45, 2.75) is 19.5 Å². The van der Waals surface area contributed by atoms with Gasteiger partial charge in [-0.2, -0.15) is 18.4 Å². The first-order valence-corrected chi connectivity index (χ1v) is 11.3. The zero-order chi connectivity index (χ0) is 25.4. The lowest BCUT2D eigenvalue weighted by molar-refractivity contribution is -0.137. The van der Waals surface area contributed by atoms with E-state index in [4.69, 9.17) is 10.00 Å². The Hall–Kier alpha value is -3.19. The number of anilines is 1. The predicted molar refractivity (Wildman–Crippen MR) is 118 cm³/mol. The van der Waals surface area contributed by atoms with Gasteiger partial charge in [-0.1, -0.05) is 0 Å². The number of carbonyl (C=O) groups is 1. The summed E-state index contributed by atoms with van der Waals surface area (Å²) < 4.78 is 73.8. The highest BCUT2D eigenvalue weighted by atomic mass is 19.4. The van der Waals surface area contributed by atoms with Gasteiger partial charge < -0.3 is 14.5 Å². The highest BCUT2D eigenvalue weighted by Gasteiger charge is 2.51. The Morgan fingerprint density at radius 1 is 1.20 bits per heavy atom. The van der Waals surface area contributed by atoms with Crippen LogP contribution in [-0.4, -0.2) is 50.2 Å². The number of alkyl halides is 3. The number of rotatable bonds is 5. The molecule has 10 heteroatoms. The molecule has 0 aliphatic carbocycles. The van der Waals surface area contributed by atoms with Gasteiger partial charge in [-0.05, 0) is 49.6 Å². The number of amides is 1. The fourth-order valence-corrected chi connectivity index (χ4v) is 5.16. The Bertz CT molecular complexity index is 1160. The topological polar surface area (TPSA) is 56.6 Å². The van der Waals surface area contributed by atoms with E-state index >= 15 is 0 Å². The number of piperidine rings is 1. The van der Waals surface area contributed by atoms with Crippen molar-refractivity contribution >= 4 is 11.6 Å². The quantitative estimate of drug-likeness (QED) is 0.559. The third-order valence-corrected chi connectivity index (χ3v) is 6.90. The minimum atomic E-state index is -4.67. The first-order valence-electron chi connectivity index (χ1n) is 11.3. The third kappa shape index (κ3) is 4.82. The number of fused-ring (bicyclic) bond motifs is 1. The van der Waals surface area contributed by atoms with Crippen LogP contribution in [0.4, 0.5) is 27.6 Å². The summed E-state index contributed by atoms with van der Waals surface area (Å²) in [5.41, 5.74) is -1.90. The van der Waals surface area contributed by atoms with Crippen LogP contribution in [0.15, 0.2) is 36.4 Å². The number of nitriles is 1. The van der Waals surface area contributed by atoms with Gasteiger partial charge in [-0.15, -0.1) is 0 Å². The number of halogens is 5. The van der Waals surface area contributed by atoms with Crippen LogP contribution in [0.3, 0.4) is 0 Å². The number of benzene rings is 2. The average molecular weight is 493 g/mol. The lowest BCUT2D eigenvalue weighted by atomic mass is 9.73. The zero-order valence-corrected chi connectivity index (χ0v) is 19.0. The van der Waals surface area contributed by atoms with Crippen molar-refractivity contribution in [3.8, 4) is 6.07 Å². The Morgan fingerprint density at radius 2 is 1.97 bits per heavy atom. The number of likely N-dealkylation sites (tertiary alicyclic amines) is 1. The smallest absolute Gasteiger partial charge is 0.381 e. The molecule has 0 saturated carbocycles. The molecule has 2 saturated heterocycles. The molecule has 0 radical (unpaired) electrons. The number of hydrogen-bond donors (Lipinski definition) is 0. The van der Waals surface area contributed by atoms with E-state index in [-0.39, 0.29) is 24.6 Å². The minimum Gasteiger partial charge on any atom is -0.381 e. The first kappa shape index (κ1) is 24.9. The average Bonchev–Trinajstić information content (AvgIpc) is 3.20. The van der Waals surface area contributed by atoms with Gasteiger partial charge >= 0.3 is 6.18 Å². The molecule has 2 aliphatic rings. The molecule has 2 aliphatic heterocycles. The van der Waals surface area contributed by atoms with Crippen LogP contribution in [0.2, 0.25) is 0 Å². The van der Waals surface area contributed by atoms with Gasteiger partial charge in [0.1, 0.15) is 11.6 Å². The van der Waals surface area contributed by atoms with E-state index in [1.807, 2.05) is 11.8 Å². The molecule has 4 rings (SSSR count).